The Bertz CT molecular complexity index is 367. The van der Waals surface area contributed by atoms with Gasteiger partial charge in [0.2, 0.25) is 5.91 Å². The van der Waals surface area contributed by atoms with E-state index in [1.54, 1.807) is 12.3 Å². The molecule has 0 aliphatic heterocycles. The highest BCUT2D eigenvalue weighted by Crippen LogP contribution is 2.04. The summed E-state index contributed by atoms with van der Waals surface area (Å²) in [6.07, 6.45) is 3.48. The van der Waals surface area contributed by atoms with Gasteiger partial charge in [0, 0.05) is 12.7 Å². The normalized spacial score (nSPS) is 12.2. The van der Waals surface area contributed by atoms with Crippen LogP contribution in [-0.4, -0.2) is 22.4 Å². The van der Waals surface area contributed by atoms with Gasteiger partial charge in [-0.05, 0) is 19.4 Å². The Morgan fingerprint density at radius 1 is 1.59 bits per heavy atom. The molecule has 0 fully saturated rings. The molecule has 3 N–H and O–H groups in total. The number of amides is 1. The van der Waals surface area contributed by atoms with Gasteiger partial charge in [0.05, 0.1) is 18.2 Å². The molecular formula is C12H20N4O. The molecule has 5 heteroatoms. The van der Waals surface area contributed by atoms with E-state index >= 15 is 0 Å². The summed E-state index contributed by atoms with van der Waals surface area (Å²) in [6.45, 7) is 4.69. The summed E-state index contributed by atoms with van der Waals surface area (Å²) in [5.41, 5.74) is 6.38. The molecule has 1 unspecified atom stereocenters. The smallest absolute Gasteiger partial charge is 0.224 e. The van der Waals surface area contributed by atoms with Crippen LogP contribution in [-0.2, 0) is 11.3 Å². The van der Waals surface area contributed by atoms with E-state index in [0.717, 1.165) is 18.5 Å². The van der Waals surface area contributed by atoms with E-state index in [9.17, 15) is 4.79 Å². The molecule has 0 bridgehead atoms. The van der Waals surface area contributed by atoms with Gasteiger partial charge in [0.25, 0.3) is 0 Å². The van der Waals surface area contributed by atoms with E-state index in [1.807, 2.05) is 13.8 Å². The van der Waals surface area contributed by atoms with E-state index in [2.05, 4.69) is 15.3 Å². The lowest BCUT2D eigenvalue weighted by atomic mass is 10.0. The average molecular weight is 236 g/mol. The zero-order valence-corrected chi connectivity index (χ0v) is 10.4. The number of nitrogens with zero attached hydrogens (tertiary/aromatic N) is 2. The topological polar surface area (TPSA) is 80.9 Å². The first-order chi connectivity index (χ1) is 8.17. The predicted molar refractivity (Wildman–Crippen MR) is 66.1 cm³/mol. The van der Waals surface area contributed by atoms with Gasteiger partial charge in [-0.15, -0.1) is 0 Å². The Kier molecular flexibility index (Phi) is 5.56. The van der Waals surface area contributed by atoms with Crippen LogP contribution in [0.3, 0.4) is 0 Å². The summed E-state index contributed by atoms with van der Waals surface area (Å²) in [4.78, 5) is 20.0. The maximum Gasteiger partial charge on any atom is 0.224 e. The first-order valence-electron chi connectivity index (χ1n) is 5.93. The van der Waals surface area contributed by atoms with Gasteiger partial charge in [-0.2, -0.15) is 0 Å². The van der Waals surface area contributed by atoms with Gasteiger partial charge in [0.15, 0.2) is 0 Å². The zero-order chi connectivity index (χ0) is 12.7. The first kappa shape index (κ1) is 13.6. The number of nitrogens with two attached hydrogens (primary N) is 1. The van der Waals surface area contributed by atoms with E-state index in [1.165, 1.54) is 0 Å². The monoisotopic (exact) mass is 236 g/mol. The molecular weight excluding hydrogens is 216 g/mol. The van der Waals surface area contributed by atoms with Gasteiger partial charge in [-0.3, -0.25) is 4.79 Å². The quantitative estimate of drug-likeness (QED) is 0.764. The second kappa shape index (κ2) is 6.96. The van der Waals surface area contributed by atoms with Crippen molar-refractivity contribution < 1.29 is 4.79 Å². The van der Waals surface area contributed by atoms with Gasteiger partial charge >= 0.3 is 0 Å². The van der Waals surface area contributed by atoms with Gasteiger partial charge < -0.3 is 11.1 Å². The summed E-state index contributed by atoms with van der Waals surface area (Å²) in [5, 5.41) is 2.85. The largest absolute Gasteiger partial charge is 0.350 e. The number of hydrogen-bond donors (Lipinski definition) is 2. The van der Waals surface area contributed by atoms with Crippen molar-refractivity contribution in [2.24, 2.45) is 11.7 Å². The zero-order valence-electron chi connectivity index (χ0n) is 10.4. The molecule has 94 valence electrons. The summed E-state index contributed by atoms with van der Waals surface area (Å²) >= 11 is 0. The molecule has 1 amide bonds. The van der Waals surface area contributed by atoms with Crippen molar-refractivity contribution in [1.82, 2.24) is 15.3 Å². The van der Waals surface area contributed by atoms with Crippen molar-refractivity contribution in [3.8, 4) is 0 Å². The van der Waals surface area contributed by atoms with Crippen LogP contribution in [0.1, 0.15) is 31.3 Å². The first-order valence-corrected chi connectivity index (χ1v) is 5.93. The second-order valence-electron chi connectivity index (χ2n) is 4.03. The molecule has 0 aromatic carbocycles. The van der Waals surface area contributed by atoms with Crippen LogP contribution in [0.5, 0.6) is 0 Å². The van der Waals surface area contributed by atoms with Crippen molar-refractivity contribution in [3.63, 3.8) is 0 Å². The van der Waals surface area contributed by atoms with Crippen LogP contribution >= 0.6 is 0 Å². The summed E-state index contributed by atoms with van der Waals surface area (Å²) in [5.74, 6) is 0.620. The molecule has 0 saturated carbocycles. The van der Waals surface area contributed by atoms with E-state index in [4.69, 9.17) is 5.73 Å². The van der Waals surface area contributed by atoms with Crippen molar-refractivity contribution in [3.05, 3.63) is 23.8 Å². The van der Waals surface area contributed by atoms with Crippen LogP contribution in [0.15, 0.2) is 12.3 Å². The van der Waals surface area contributed by atoms with E-state index in [0.29, 0.717) is 18.9 Å². The number of rotatable bonds is 6. The lowest BCUT2D eigenvalue weighted by Gasteiger charge is -2.13. The van der Waals surface area contributed by atoms with Gasteiger partial charge in [-0.1, -0.05) is 13.3 Å². The van der Waals surface area contributed by atoms with Gasteiger partial charge in [-0.25, -0.2) is 9.97 Å². The third-order valence-corrected chi connectivity index (χ3v) is 2.57. The highest BCUT2D eigenvalue weighted by atomic mass is 16.1. The van der Waals surface area contributed by atoms with Crippen LogP contribution in [0.2, 0.25) is 0 Å². The molecule has 1 aromatic rings. The fourth-order valence-electron chi connectivity index (χ4n) is 1.63. The van der Waals surface area contributed by atoms with Gasteiger partial charge in [0.1, 0.15) is 5.82 Å². The minimum atomic E-state index is -0.0945. The molecule has 0 radical (unpaired) electrons. The SMILES string of the molecule is CCCC(CN)C(=O)NCc1ccnc(C)n1. The fraction of sp³-hybridized carbons (Fsp3) is 0.583. The lowest BCUT2D eigenvalue weighted by molar-refractivity contribution is -0.125. The van der Waals surface area contributed by atoms with E-state index < -0.39 is 0 Å². The second-order valence-corrected chi connectivity index (χ2v) is 4.03. The highest BCUT2D eigenvalue weighted by molar-refractivity contribution is 5.78. The fourth-order valence-corrected chi connectivity index (χ4v) is 1.63. The van der Waals surface area contributed by atoms with Crippen molar-refractivity contribution in [1.29, 1.82) is 0 Å². The molecule has 0 saturated heterocycles. The summed E-state index contributed by atoms with van der Waals surface area (Å²) in [7, 11) is 0. The van der Waals surface area contributed by atoms with Crippen LogP contribution < -0.4 is 11.1 Å². The Balaban J connectivity index is 2.47. The molecule has 1 rings (SSSR count). The molecule has 0 aliphatic rings. The number of aromatic nitrogens is 2. The molecule has 0 aliphatic carbocycles. The number of aryl methyl sites for hydroxylation is 1. The summed E-state index contributed by atoms with van der Waals surface area (Å²) in [6, 6.07) is 1.80. The maximum atomic E-state index is 11.8. The Labute approximate surface area is 102 Å². The highest BCUT2D eigenvalue weighted by Gasteiger charge is 2.15. The third kappa shape index (κ3) is 4.48. The Hall–Kier alpha value is -1.49. The third-order valence-electron chi connectivity index (χ3n) is 2.57. The molecule has 17 heavy (non-hydrogen) atoms. The van der Waals surface area contributed by atoms with Crippen LogP contribution in [0.25, 0.3) is 0 Å². The van der Waals surface area contributed by atoms with Crippen LogP contribution in [0.4, 0.5) is 0 Å². The van der Waals surface area contributed by atoms with Crippen LogP contribution in [0, 0.1) is 12.8 Å². The number of carbonyl (C=O) groups excluding carboxylic acids is 1. The molecule has 5 nitrogen and oxygen atoms in total. The lowest BCUT2D eigenvalue weighted by Crippen LogP contribution is -2.34. The Morgan fingerprint density at radius 3 is 2.94 bits per heavy atom. The number of nitrogens with one attached hydrogen (secondary N) is 1. The van der Waals surface area contributed by atoms with Crippen molar-refractivity contribution in [2.75, 3.05) is 6.54 Å². The molecule has 0 spiro atoms. The average Bonchev–Trinajstić information content (AvgIpc) is 2.33. The molecule has 1 atom stereocenters. The Morgan fingerprint density at radius 2 is 2.35 bits per heavy atom. The minimum Gasteiger partial charge on any atom is -0.350 e. The number of hydrogen-bond acceptors (Lipinski definition) is 4. The minimum absolute atomic E-state index is 0.00520. The number of carbonyl (C=O) groups is 1. The predicted octanol–water partition coefficient (Wildman–Crippen LogP) is 0.776. The van der Waals surface area contributed by atoms with E-state index in [-0.39, 0.29) is 11.8 Å². The summed E-state index contributed by atoms with van der Waals surface area (Å²) < 4.78 is 0. The standard InChI is InChI=1S/C12H20N4O/c1-3-4-10(7-13)12(17)15-8-11-5-6-14-9(2)16-11/h5-6,10H,3-4,7-8,13H2,1-2H3,(H,15,17). The molecule has 1 heterocycles. The van der Waals surface area contributed by atoms with Crippen molar-refractivity contribution in [2.45, 2.75) is 33.2 Å². The maximum absolute atomic E-state index is 11.8. The van der Waals surface area contributed by atoms with Crippen molar-refractivity contribution >= 4 is 5.91 Å². The molecule has 1 aromatic heterocycles.